The summed E-state index contributed by atoms with van der Waals surface area (Å²) in [6.07, 6.45) is 0.379. The van der Waals surface area contributed by atoms with Gasteiger partial charge in [0.05, 0.1) is 18.9 Å². The molecule has 0 bridgehead atoms. The molecule has 0 fully saturated rings. The number of halogens is 1. The van der Waals surface area contributed by atoms with Gasteiger partial charge in [0.25, 0.3) is 5.91 Å². The highest BCUT2D eigenvalue weighted by molar-refractivity contribution is 14.1. The van der Waals surface area contributed by atoms with Crippen LogP contribution in [0.25, 0.3) is 0 Å². The molecule has 3 rings (SSSR count). The molecule has 1 aliphatic heterocycles. The molecule has 29 heavy (non-hydrogen) atoms. The molecule has 8 heteroatoms. The second-order valence-electron chi connectivity index (χ2n) is 6.03. The first-order chi connectivity index (χ1) is 14.1. The van der Waals surface area contributed by atoms with E-state index in [-0.39, 0.29) is 24.7 Å². The van der Waals surface area contributed by atoms with E-state index in [4.69, 9.17) is 9.47 Å². The Bertz CT molecular complexity index is 940. The topological polar surface area (TPSA) is 89.0 Å². The Kier molecular flexibility index (Phi) is 7.23. The van der Waals surface area contributed by atoms with Crippen molar-refractivity contribution in [1.82, 2.24) is 0 Å². The fourth-order valence-corrected chi connectivity index (χ4v) is 3.03. The van der Waals surface area contributed by atoms with Crippen molar-refractivity contribution in [3.63, 3.8) is 0 Å². The third kappa shape index (κ3) is 5.57. The molecule has 1 amide bonds. The van der Waals surface area contributed by atoms with Gasteiger partial charge in [-0.3, -0.25) is 10.2 Å². The van der Waals surface area contributed by atoms with Gasteiger partial charge in [0.1, 0.15) is 0 Å². The Morgan fingerprint density at radius 2 is 1.83 bits per heavy atom. The van der Waals surface area contributed by atoms with Crippen molar-refractivity contribution in [3.05, 3.63) is 69.5 Å². The van der Waals surface area contributed by atoms with Crippen LogP contribution in [0.3, 0.4) is 0 Å². The average Bonchev–Trinajstić information content (AvgIpc) is 3.20. The fourth-order valence-electron chi connectivity index (χ4n) is 2.67. The molecule has 2 aromatic carbocycles. The van der Waals surface area contributed by atoms with Crippen LogP contribution in [0.1, 0.15) is 13.3 Å². The lowest BCUT2D eigenvalue weighted by Gasteiger charge is -2.10. The van der Waals surface area contributed by atoms with Crippen LogP contribution in [0.4, 0.5) is 11.4 Å². The number of amides is 1. The van der Waals surface area contributed by atoms with Gasteiger partial charge in [-0.05, 0) is 65.9 Å². The number of nitrogens with zero attached hydrogens (tertiary/aromatic N) is 1. The van der Waals surface area contributed by atoms with Crippen molar-refractivity contribution in [2.45, 2.75) is 13.3 Å². The summed E-state index contributed by atoms with van der Waals surface area (Å²) in [4.78, 5) is 25.2. The zero-order valence-corrected chi connectivity index (χ0v) is 17.9. The molecule has 0 aromatic heterocycles. The highest BCUT2D eigenvalue weighted by Gasteiger charge is 2.31. The summed E-state index contributed by atoms with van der Waals surface area (Å²) in [6, 6.07) is 16.6. The van der Waals surface area contributed by atoms with Gasteiger partial charge >= 0.3 is 5.97 Å². The van der Waals surface area contributed by atoms with Gasteiger partial charge in [-0.2, -0.15) is 5.10 Å². The number of esters is 1. The van der Waals surface area contributed by atoms with Gasteiger partial charge in [0.15, 0.2) is 11.5 Å². The number of para-hydroxylation sites is 1. The first-order valence-electron chi connectivity index (χ1n) is 9.07. The predicted molar refractivity (Wildman–Crippen MR) is 120 cm³/mol. The first kappa shape index (κ1) is 20.8. The molecule has 0 saturated heterocycles. The minimum absolute atomic E-state index is 0.0287. The van der Waals surface area contributed by atoms with Crippen LogP contribution in [0, 0.1) is 3.57 Å². The Balaban J connectivity index is 1.88. The molecule has 1 aliphatic rings. The maximum absolute atomic E-state index is 12.7. The number of ether oxygens (including phenoxy) is 2. The highest BCUT2D eigenvalue weighted by Crippen LogP contribution is 2.24. The third-order valence-corrected chi connectivity index (χ3v) is 4.73. The van der Waals surface area contributed by atoms with Crippen molar-refractivity contribution >= 4 is 51.6 Å². The van der Waals surface area contributed by atoms with Crippen LogP contribution in [0.5, 0.6) is 0 Å². The second kappa shape index (κ2) is 10.1. The van der Waals surface area contributed by atoms with Crippen LogP contribution in [0.2, 0.25) is 0 Å². The summed E-state index contributed by atoms with van der Waals surface area (Å²) in [5.41, 5.74) is 4.62. The summed E-state index contributed by atoms with van der Waals surface area (Å²) >= 11 is 2.19. The monoisotopic (exact) mass is 505 g/mol. The summed E-state index contributed by atoms with van der Waals surface area (Å²) < 4.78 is 11.7. The molecule has 0 radical (unpaired) electrons. The molecule has 0 unspecified atom stereocenters. The molecule has 2 aromatic rings. The Labute approximate surface area is 182 Å². The molecule has 0 spiro atoms. The number of hydrogen-bond donors (Lipinski definition) is 2. The largest absolute Gasteiger partial charge is 0.487 e. The Morgan fingerprint density at radius 3 is 2.52 bits per heavy atom. The van der Waals surface area contributed by atoms with Crippen molar-refractivity contribution in [2.24, 2.45) is 5.10 Å². The van der Waals surface area contributed by atoms with Crippen LogP contribution < -0.4 is 10.7 Å². The maximum atomic E-state index is 12.7. The van der Waals surface area contributed by atoms with Crippen LogP contribution in [-0.4, -0.2) is 30.8 Å². The molecule has 2 N–H and O–H groups in total. The number of anilines is 2. The number of carbonyl (C=O) groups excluding carboxylic acids is 2. The lowest BCUT2D eigenvalue weighted by atomic mass is 10.1. The van der Waals surface area contributed by atoms with E-state index in [0.717, 1.165) is 3.57 Å². The molecule has 0 aliphatic carbocycles. The number of carbonyl (C=O) groups is 2. The number of hydrogen-bond acceptors (Lipinski definition) is 6. The van der Waals surface area contributed by atoms with Gasteiger partial charge in [0, 0.05) is 21.3 Å². The van der Waals surface area contributed by atoms with E-state index in [1.807, 2.05) is 42.5 Å². The van der Waals surface area contributed by atoms with Crippen molar-refractivity contribution in [3.8, 4) is 0 Å². The molecule has 0 saturated carbocycles. The minimum Gasteiger partial charge on any atom is -0.487 e. The molecule has 0 atom stereocenters. The summed E-state index contributed by atoms with van der Waals surface area (Å²) in [6.45, 7) is 2.19. The van der Waals surface area contributed by atoms with Crippen LogP contribution >= 0.6 is 22.6 Å². The Hall–Kier alpha value is -2.88. The predicted octanol–water partition coefficient (Wildman–Crippen LogP) is 3.94. The van der Waals surface area contributed by atoms with Gasteiger partial charge in [-0.25, -0.2) is 4.79 Å². The second-order valence-corrected chi connectivity index (χ2v) is 7.27. The summed E-state index contributed by atoms with van der Waals surface area (Å²) in [7, 11) is 0. The van der Waals surface area contributed by atoms with E-state index < -0.39 is 11.9 Å². The van der Waals surface area contributed by atoms with E-state index >= 15 is 0 Å². The molecule has 150 valence electrons. The molecular formula is C21H20IN3O4. The minimum atomic E-state index is -0.615. The zero-order chi connectivity index (χ0) is 20.6. The lowest BCUT2D eigenvalue weighted by Crippen LogP contribution is -2.24. The smallest absolute Gasteiger partial charge is 0.359 e. The zero-order valence-electron chi connectivity index (χ0n) is 15.8. The molecule has 7 nitrogen and oxygen atoms in total. The standard InChI is InChI=1S/C21H20IN3O4/c1-2-28-21(27)18(25-24-16-6-4-3-5-7-16)17-12-13-29-19(17)20(26)23-15-10-8-14(22)9-11-15/h3-11,24H,2,12-13H2,1H3,(H,23,26)/b25-18-. The third-order valence-electron chi connectivity index (χ3n) is 4.01. The van der Waals surface area contributed by atoms with E-state index in [1.165, 1.54) is 0 Å². The SMILES string of the molecule is CCOC(=O)/C(=N\Nc1ccccc1)C1=C(C(=O)Nc2ccc(I)cc2)OCC1. The number of nitrogens with one attached hydrogen (secondary N) is 2. The van der Waals surface area contributed by atoms with Crippen molar-refractivity contribution in [1.29, 1.82) is 0 Å². The first-order valence-corrected chi connectivity index (χ1v) is 10.2. The Morgan fingerprint density at radius 1 is 1.10 bits per heavy atom. The van der Waals surface area contributed by atoms with Crippen LogP contribution in [0.15, 0.2) is 71.0 Å². The molecule has 1 heterocycles. The average molecular weight is 505 g/mol. The fraction of sp³-hybridized carbons (Fsp3) is 0.190. The number of rotatable bonds is 7. The van der Waals surface area contributed by atoms with Crippen LogP contribution in [-0.2, 0) is 19.1 Å². The normalized spacial score (nSPS) is 13.7. The van der Waals surface area contributed by atoms with E-state index in [0.29, 0.717) is 23.4 Å². The van der Waals surface area contributed by atoms with Crippen molar-refractivity contribution in [2.75, 3.05) is 24.0 Å². The molecular weight excluding hydrogens is 485 g/mol. The van der Waals surface area contributed by atoms with Crippen molar-refractivity contribution < 1.29 is 19.1 Å². The van der Waals surface area contributed by atoms with Gasteiger partial charge < -0.3 is 14.8 Å². The van der Waals surface area contributed by atoms with E-state index in [1.54, 1.807) is 19.1 Å². The quantitative estimate of drug-likeness (QED) is 0.258. The van der Waals surface area contributed by atoms with Gasteiger partial charge in [-0.15, -0.1) is 0 Å². The summed E-state index contributed by atoms with van der Waals surface area (Å²) in [5.74, 6) is -0.975. The van der Waals surface area contributed by atoms with E-state index in [2.05, 4.69) is 38.4 Å². The highest BCUT2D eigenvalue weighted by atomic mass is 127. The lowest BCUT2D eigenvalue weighted by molar-refractivity contribution is -0.135. The van der Waals surface area contributed by atoms with Gasteiger partial charge in [-0.1, -0.05) is 18.2 Å². The van der Waals surface area contributed by atoms with Gasteiger partial charge in [0.2, 0.25) is 0 Å². The number of benzene rings is 2. The number of hydrazone groups is 1. The summed E-state index contributed by atoms with van der Waals surface area (Å²) in [5, 5.41) is 7.01. The van der Waals surface area contributed by atoms with E-state index in [9.17, 15) is 9.59 Å². The maximum Gasteiger partial charge on any atom is 0.359 e.